The molecule has 1 amide bonds. The van der Waals surface area contributed by atoms with Gasteiger partial charge < -0.3 is 10.4 Å². The van der Waals surface area contributed by atoms with Crippen molar-refractivity contribution in [3.8, 4) is 0 Å². The molecule has 2 aromatic rings. The number of carbonyl (C=O) groups excluding carboxylic acids is 1. The largest absolute Gasteiger partial charge is 0.481 e. The van der Waals surface area contributed by atoms with Crippen molar-refractivity contribution in [2.45, 2.75) is 13.3 Å². The summed E-state index contributed by atoms with van der Waals surface area (Å²) in [5.41, 5.74) is 2.07. The molecule has 6 heteroatoms. The molecule has 1 atom stereocenters. The van der Waals surface area contributed by atoms with E-state index in [1.54, 1.807) is 37.0 Å². The average molecular weight is 287 g/mol. The number of benzene rings is 1. The number of aliphatic carboxylic acids is 1. The van der Waals surface area contributed by atoms with E-state index in [2.05, 4.69) is 10.4 Å². The van der Waals surface area contributed by atoms with E-state index in [0.29, 0.717) is 17.7 Å². The molecule has 1 aromatic heterocycles. The van der Waals surface area contributed by atoms with Crippen molar-refractivity contribution in [3.63, 3.8) is 0 Å². The number of nitrogens with one attached hydrogen (secondary N) is 1. The lowest BCUT2D eigenvalue weighted by atomic mass is 10.0. The lowest BCUT2D eigenvalue weighted by molar-refractivity contribution is -0.141. The van der Waals surface area contributed by atoms with Gasteiger partial charge in [-0.1, -0.05) is 19.1 Å². The molecule has 1 aromatic carbocycles. The number of aryl methyl sites for hydroxylation is 1. The predicted molar refractivity (Wildman–Crippen MR) is 78.1 cm³/mol. The van der Waals surface area contributed by atoms with Gasteiger partial charge in [0.05, 0.1) is 17.7 Å². The van der Waals surface area contributed by atoms with Crippen molar-refractivity contribution in [1.82, 2.24) is 9.78 Å². The highest BCUT2D eigenvalue weighted by Gasteiger charge is 2.12. The second-order valence-corrected chi connectivity index (χ2v) is 5.00. The van der Waals surface area contributed by atoms with Gasteiger partial charge in [-0.05, 0) is 24.1 Å². The third-order valence-corrected chi connectivity index (χ3v) is 3.14. The van der Waals surface area contributed by atoms with E-state index >= 15 is 0 Å². The average Bonchev–Trinajstić information content (AvgIpc) is 2.87. The lowest BCUT2D eigenvalue weighted by Crippen LogP contribution is -2.13. The molecule has 0 fully saturated rings. The Hall–Kier alpha value is -2.63. The number of anilines is 1. The highest BCUT2D eigenvalue weighted by Crippen LogP contribution is 2.14. The first-order chi connectivity index (χ1) is 9.95. The summed E-state index contributed by atoms with van der Waals surface area (Å²) in [5.74, 6) is -1.47. The summed E-state index contributed by atoms with van der Waals surface area (Å²) in [6.45, 7) is 1.67. The maximum absolute atomic E-state index is 11.9. The minimum Gasteiger partial charge on any atom is -0.481 e. The maximum Gasteiger partial charge on any atom is 0.306 e. The predicted octanol–water partition coefficient (Wildman–Crippen LogP) is 1.94. The minimum absolute atomic E-state index is 0.227. The minimum atomic E-state index is -0.816. The van der Waals surface area contributed by atoms with Crippen LogP contribution in [0.1, 0.15) is 22.8 Å². The number of nitrogens with zero attached hydrogens (tertiary/aromatic N) is 2. The number of carboxylic acids is 1. The molecular formula is C15H17N3O3. The Kier molecular flexibility index (Phi) is 4.37. The molecule has 0 aliphatic carbocycles. The zero-order chi connectivity index (χ0) is 15.4. The molecule has 0 spiro atoms. The number of amides is 1. The topological polar surface area (TPSA) is 84.2 Å². The fourth-order valence-corrected chi connectivity index (χ4v) is 1.91. The molecule has 0 aliphatic rings. The summed E-state index contributed by atoms with van der Waals surface area (Å²) in [7, 11) is 1.75. The second-order valence-electron chi connectivity index (χ2n) is 5.00. The molecule has 0 bridgehead atoms. The molecule has 2 N–H and O–H groups in total. The molecule has 21 heavy (non-hydrogen) atoms. The van der Waals surface area contributed by atoms with E-state index in [0.717, 1.165) is 5.56 Å². The van der Waals surface area contributed by atoms with Crippen LogP contribution in [-0.4, -0.2) is 26.8 Å². The molecule has 0 saturated heterocycles. The molecule has 0 saturated carbocycles. The quantitative estimate of drug-likeness (QED) is 0.880. The Morgan fingerprint density at radius 1 is 1.33 bits per heavy atom. The smallest absolute Gasteiger partial charge is 0.306 e. The number of carboxylic acid groups (broad SMARTS) is 1. The van der Waals surface area contributed by atoms with Crippen molar-refractivity contribution in [2.75, 3.05) is 5.32 Å². The summed E-state index contributed by atoms with van der Waals surface area (Å²) >= 11 is 0. The van der Waals surface area contributed by atoms with Crippen molar-refractivity contribution in [2.24, 2.45) is 13.0 Å². The SMILES string of the molecule is CC(Cc1ccc(NC(=O)c2cnn(C)c2)cc1)C(=O)O. The third-order valence-electron chi connectivity index (χ3n) is 3.14. The van der Waals surface area contributed by atoms with Gasteiger partial charge in [0.25, 0.3) is 5.91 Å². The molecule has 1 heterocycles. The van der Waals surface area contributed by atoms with Crippen LogP contribution < -0.4 is 5.32 Å². The van der Waals surface area contributed by atoms with E-state index in [-0.39, 0.29) is 5.91 Å². The van der Waals surface area contributed by atoms with Gasteiger partial charge in [0, 0.05) is 18.9 Å². The Bertz CT molecular complexity index is 646. The fourth-order valence-electron chi connectivity index (χ4n) is 1.91. The first-order valence-electron chi connectivity index (χ1n) is 6.57. The maximum atomic E-state index is 11.9. The number of aromatic nitrogens is 2. The van der Waals surface area contributed by atoms with Crippen LogP contribution in [0.4, 0.5) is 5.69 Å². The number of hydrogen-bond donors (Lipinski definition) is 2. The number of carbonyl (C=O) groups is 2. The van der Waals surface area contributed by atoms with Crippen LogP contribution in [0.25, 0.3) is 0 Å². The zero-order valence-corrected chi connectivity index (χ0v) is 11.9. The highest BCUT2D eigenvalue weighted by atomic mass is 16.4. The van der Waals surface area contributed by atoms with Gasteiger partial charge in [0.1, 0.15) is 0 Å². The van der Waals surface area contributed by atoms with E-state index in [4.69, 9.17) is 5.11 Å². The van der Waals surface area contributed by atoms with Gasteiger partial charge in [-0.3, -0.25) is 14.3 Å². The monoisotopic (exact) mass is 287 g/mol. The first-order valence-corrected chi connectivity index (χ1v) is 6.57. The normalized spacial score (nSPS) is 11.9. The molecule has 0 radical (unpaired) electrons. The first kappa shape index (κ1) is 14.8. The van der Waals surface area contributed by atoms with Crippen LogP contribution in [0.2, 0.25) is 0 Å². The highest BCUT2D eigenvalue weighted by molar-refractivity contribution is 6.03. The van der Waals surface area contributed by atoms with Crippen LogP contribution in [0.3, 0.4) is 0 Å². The lowest BCUT2D eigenvalue weighted by Gasteiger charge is -2.08. The third kappa shape index (κ3) is 3.92. The molecule has 6 nitrogen and oxygen atoms in total. The van der Waals surface area contributed by atoms with Crippen LogP contribution in [0.15, 0.2) is 36.7 Å². The van der Waals surface area contributed by atoms with E-state index < -0.39 is 11.9 Å². The van der Waals surface area contributed by atoms with Crippen molar-refractivity contribution in [3.05, 3.63) is 47.8 Å². The molecular weight excluding hydrogens is 270 g/mol. The van der Waals surface area contributed by atoms with Gasteiger partial charge in [-0.25, -0.2) is 0 Å². The van der Waals surface area contributed by atoms with Gasteiger partial charge in [0.15, 0.2) is 0 Å². The number of rotatable bonds is 5. The van der Waals surface area contributed by atoms with Crippen LogP contribution in [0, 0.1) is 5.92 Å². The van der Waals surface area contributed by atoms with Crippen molar-refractivity contribution >= 4 is 17.6 Å². The Labute approximate surface area is 122 Å². The fraction of sp³-hybridized carbons (Fsp3) is 0.267. The standard InChI is InChI=1S/C15H17N3O3/c1-10(15(20)21)7-11-3-5-13(6-4-11)17-14(19)12-8-16-18(2)9-12/h3-6,8-10H,7H2,1-2H3,(H,17,19)(H,20,21). The van der Waals surface area contributed by atoms with E-state index in [9.17, 15) is 9.59 Å². The van der Waals surface area contributed by atoms with Crippen molar-refractivity contribution < 1.29 is 14.7 Å². The summed E-state index contributed by atoms with van der Waals surface area (Å²) in [6, 6.07) is 7.16. The van der Waals surface area contributed by atoms with E-state index in [1.165, 1.54) is 6.20 Å². The van der Waals surface area contributed by atoms with Crippen LogP contribution >= 0.6 is 0 Å². The van der Waals surface area contributed by atoms with Gasteiger partial charge >= 0.3 is 5.97 Å². The molecule has 2 rings (SSSR count). The second kappa shape index (κ2) is 6.21. The van der Waals surface area contributed by atoms with Gasteiger partial charge in [-0.2, -0.15) is 5.10 Å². The summed E-state index contributed by atoms with van der Waals surface area (Å²) < 4.78 is 1.56. The summed E-state index contributed by atoms with van der Waals surface area (Å²) in [6.07, 6.45) is 3.60. The summed E-state index contributed by atoms with van der Waals surface area (Å²) in [5, 5.41) is 15.6. The molecule has 1 unspecified atom stereocenters. The van der Waals surface area contributed by atoms with E-state index in [1.807, 2.05) is 12.1 Å². The zero-order valence-electron chi connectivity index (χ0n) is 11.9. The Balaban J connectivity index is 1.99. The Morgan fingerprint density at radius 2 is 2.00 bits per heavy atom. The molecule has 110 valence electrons. The van der Waals surface area contributed by atoms with Crippen molar-refractivity contribution in [1.29, 1.82) is 0 Å². The summed E-state index contributed by atoms with van der Waals surface area (Å²) in [4.78, 5) is 22.7. The number of hydrogen-bond acceptors (Lipinski definition) is 3. The Morgan fingerprint density at radius 3 is 2.52 bits per heavy atom. The van der Waals surface area contributed by atoms with Crippen LogP contribution in [0.5, 0.6) is 0 Å². The molecule has 0 aliphatic heterocycles. The van der Waals surface area contributed by atoms with Gasteiger partial charge in [0.2, 0.25) is 0 Å². The van der Waals surface area contributed by atoms with Crippen LogP contribution in [-0.2, 0) is 18.3 Å². The van der Waals surface area contributed by atoms with Gasteiger partial charge in [-0.15, -0.1) is 0 Å².